The van der Waals surface area contributed by atoms with E-state index in [9.17, 15) is 9.18 Å². The summed E-state index contributed by atoms with van der Waals surface area (Å²) in [5.74, 6) is 0.674. The van der Waals surface area contributed by atoms with Gasteiger partial charge in [0.15, 0.2) is 0 Å². The summed E-state index contributed by atoms with van der Waals surface area (Å²) in [5.41, 5.74) is 2.85. The Balaban J connectivity index is 1.41. The van der Waals surface area contributed by atoms with E-state index in [0.717, 1.165) is 48.0 Å². The molecular weight excluding hydrogens is 421 g/mol. The molecule has 1 N–H and O–H groups in total. The fraction of sp³-hybridized carbons (Fsp3) is 0.385. The van der Waals surface area contributed by atoms with Crippen LogP contribution in [0.1, 0.15) is 54.5 Å². The quantitative estimate of drug-likeness (QED) is 0.450. The maximum absolute atomic E-state index is 13.3. The van der Waals surface area contributed by atoms with Gasteiger partial charge in [0.2, 0.25) is 0 Å². The summed E-state index contributed by atoms with van der Waals surface area (Å²) in [6, 6.07) is 13.8. The first-order chi connectivity index (χ1) is 15.5. The highest BCUT2D eigenvalue weighted by Crippen LogP contribution is 2.32. The van der Waals surface area contributed by atoms with Gasteiger partial charge in [-0.3, -0.25) is 4.79 Å². The van der Waals surface area contributed by atoms with E-state index in [-0.39, 0.29) is 11.7 Å². The first kappa shape index (κ1) is 22.6. The van der Waals surface area contributed by atoms with Gasteiger partial charge < -0.3 is 10.2 Å². The zero-order chi connectivity index (χ0) is 22.5. The van der Waals surface area contributed by atoms with Crippen molar-refractivity contribution in [3.63, 3.8) is 0 Å². The largest absolute Gasteiger partial charge is 0.320 e. The van der Waals surface area contributed by atoms with Gasteiger partial charge in [-0.15, -0.1) is 11.3 Å². The highest BCUT2D eigenvalue weighted by atomic mass is 32.1. The number of likely N-dealkylation sites (tertiary alicyclic amines) is 1. The second-order valence-corrected chi connectivity index (χ2v) is 9.56. The van der Waals surface area contributed by atoms with E-state index < -0.39 is 0 Å². The van der Waals surface area contributed by atoms with Crippen molar-refractivity contribution in [1.82, 2.24) is 9.88 Å². The van der Waals surface area contributed by atoms with Crippen molar-refractivity contribution < 1.29 is 9.18 Å². The van der Waals surface area contributed by atoms with Crippen molar-refractivity contribution in [2.45, 2.75) is 39.0 Å². The average Bonchev–Trinajstić information content (AvgIpc) is 3.31. The number of piperidine rings is 1. The molecule has 0 radical (unpaired) electrons. The number of nitrogens with one attached hydrogen (secondary N) is 1. The van der Waals surface area contributed by atoms with Crippen LogP contribution in [0.25, 0.3) is 11.1 Å². The molecule has 2 heterocycles. The zero-order valence-electron chi connectivity index (χ0n) is 18.7. The summed E-state index contributed by atoms with van der Waals surface area (Å²) in [7, 11) is 0. The van der Waals surface area contributed by atoms with Crippen LogP contribution in [-0.4, -0.2) is 35.4 Å². The second-order valence-electron chi connectivity index (χ2n) is 8.67. The monoisotopic (exact) mass is 451 g/mol. The Morgan fingerprint density at radius 1 is 1.19 bits per heavy atom. The first-order valence-electron chi connectivity index (χ1n) is 11.4. The van der Waals surface area contributed by atoms with Crippen molar-refractivity contribution >= 4 is 22.9 Å². The van der Waals surface area contributed by atoms with E-state index in [1.165, 1.54) is 25.1 Å². The Kier molecular flexibility index (Phi) is 7.33. The molecule has 6 heteroatoms. The van der Waals surface area contributed by atoms with Crippen LogP contribution >= 0.6 is 11.3 Å². The number of amides is 1. The number of carbonyl (C=O) groups is 1. The molecular formula is C26H30FN3OS. The van der Waals surface area contributed by atoms with Gasteiger partial charge in [0.05, 0.1) is 5.01 Å². The van der Waals surface area contributed by atoms with Crippen molar-refractivity contribution in [3.8, 4) is 11.1 Å². The molecule has 1 aliphatic heterocycles. The van der Waals surface area contributed by atoms with Gasteiger partial charge in [-0.2, -0.15) is 0 Å². The number of thiazole rings is 1. The zero-order valence-corrected chi connectivity index (χ0v) is 19.5. The Bertz CT molecular complexity index is 1040. The number of hydrogen-bond acceptors (Lipinski definition) is 4. The Labute approximate surface area is 193 Å². The molecule has 32 heavy (non-hydrogen) atoms. The first-order valence-corrected chi connectivity index (χ1v) is 12.3. The minimum absolute atomic E-state index is 0.212. The molecule has 4 rings (SSSR count). The van der Waals surface area contributed by atoms with Crippen LogP contribution in [0.2, 0.25) is 0 Å². The Morgan fingerprint density at radius 3 is 2.62 bits per heavy atom. The molecule has 1 saturated heterocycles. The molecule has 4 nitrogen and oxygen atoms in total. The van der Waals surface area contributed by atoms with Gasteiger partial charge in [0.25, 0.3) is 5.91 Å². The summed E-state index contributed by atoms with van der Waals surface area (Å²) in [4.78, 5) is 20.2. The van der Waals surface area contributed by atoms with Gasteiger partial charge in [0.1, 0.15) is 11.5 Å². The molecule has 1 unspecified atom stereocenters. The highest BCUT2D eigenvalue weighted by Gasteiger charge is 2.24. The molecule has 168 valence electrons. The number of hydrogen-bond donors (Lipinski definition) is 1. The van der Waals surface area contributed by atoms with E-state index in [1.807, 2.05) is 29.6 Å². The van der Waals surface area contributed by atoms with E-state index >= 15 is 0 Å². The molecule has 2 aromatic carbocycles. The molecule has 0 spiro atoms. The van der Waals surface area contributed by atoms with Gasteiger partial charge in [-0.1, -0.05) is 50.6 Å². The lowest BCUT2D eigenvalue weighted by Crippen LogP contribution is -2.35. The molecule has 0 bridgehead atoms. The van der Waals surface area contributed by atoms with Crippen molar-refractivity contribution in [2.24, 2.45) is 5.92 Å². The predicted molar refractivity (Wildman–Crippen MR) is 130 cm³/mol. The smallest absolute Gasteiger partial charge is 0.275 e. The third-order valence-corrected chi connectivity index (χ3v) is 7.30. The number of carbonyl (C=O) groups excluding carboxylic acids is 1. The Hall–Kier alpha value is -2.57. The van der Waals surface area contributed by atoms with Crippen molar-refractivity contribution in [1.29, 1.82) is 0 Å². The number of rotatable bonds is 7. The van der Waals surface area contributed by atoms with Gasteiger partial charge in [-0.05, 0) is 55.6 Å². The van der Waals surface area contributed by atoms with E-state index in [1.54, 1.807) is 23.5 Å². The Morgan fingerprint density at radius 2 is 1.91 bits per heavy atom. The topological polar surface area (TPSA) is 45.2 Å². The third-order valence-electron chi connectivity index (χ3n) is 6.29. The summed E-state index contributed by atoms with van der Waals surface area (Å²) in [5, 5.41) is 5.91. The summed E-state index contributed by atoms with van der Waals surface area (Å²) < 4.78 is 13.3. The molecule has 1 amide bonds. The third kappa shape index (κ3) is 5.43. The molecule has 1 aromatic heterocycles. The predicted octanol–water partition coefficient (Wildman–Crippen LogP) is 6.43. The number of nitrogens with zero attached hydrogens (tertiary/aromatic N) is 2. The van der Waals surface area contributed by atoms with Gasteiger partial charge >= 0.3 is 0 Å². The summed E-state index contributed by atoms with van der Waals surface area (Å²) in [6.45, 7) is 7.92. The molecule has 3 aromatic rings. The number of para-hydroxylation sites is 1. The standard InChI is InChI=1S/C26H30FN3OS/c1-3-18(2)16-30-14-12-20(13-15-30)26-29-24(17-32-26)25(31)28-23-7-5-4-6-22(23)19-8-10-21(27)11-9-19/h4-11,17-18,20H,3,12-16H2,1-2H3,(H,28,31). The maximum Gasteiger partial charge on any atom is 0.275 e. The van der Waals surface area contributed by atoms with E-state index in [4.69, 9.17) is 0 Å². The molecule has 0 saturated carbocycles. The summed E-state index contributed by atoms with van der Waals surface area (Å²) >= 11 is 1.58. The minimum Gasteiger partial charge on any atom is -0.320 e. The minimum atomic E-state index is -0.282. The fourth-order valence-corrected chi connectivity index (χ4v) is 5.14. The number of aromatic nitrogens is 1. The van der Waals surface area contributed by atoms with Crippen LogP contribution in [0.15, 0.2) is 53.9 Å². The van der Waals surface area contributed by atoms with Crippen LogP contribution in [-0.2, 0) is 0 Å². The molecule has 1 atom stereocenters. The van der Waals surface area contributed by atoms with Gasteiger partial charge in [0, 0.05) is 29.1 Å². The second kappa shape index (κ2) is 10.4. The van der Waals surface area contributed by atoms with Crippen LogP contribution in [0, 0.1) is 11.7 Å². The summed E-state index contributed by atoms with van der Waals surface area (Å²) in [6.07, 6.45) is 3.41. The molecule has 0 aliphatic carbocycles. The van der Waals surface area contributed by atoms with E-state index in [0.29, 0.717) is 17.3 Å². The highest BCUT2D eigenvalue weighted by molar-refractivity contribution is 7.10. The lowest BCUT2D eigenvalue weighted by molar-refractivity contribution is 0.102. The normalized spacial score (nSPS) is 16.1. The lowest BCUT2D eigenvalue weighted by Gasteiger charge is -2.32. The van der Waals surface area contributed by atoms with Gasteiger partial charge in [-0.25, -0.2) is 9.37 Å². The van der Waals surface area contributed by atoms with Crippen molar-refractivity contribution in [3.05, 3.63) is 70.4 Å². The van der Waals surface area contributed by atoms with Crippen LogP contribution in [0.5, 0.6) is 0 Å². The van der Waals surface area contributed by atoms with Crippen LogP contribution < -0.4 is 5.32 Å². The van der Waals surface area contributed by atoms with Crippen molar-refractivity contribution in [2.75, 3.05) is 25.0 Å². The van der Waals surface area contributed by atoms with E-state index in [2.05, 4.69) is 29.0 Å². The number of halogens is 1. The van der Waals surface area contributed by atoms with Crippen LogP contribution in [0.3, 0.4) is 0 Å². The fourth-order valence-electron chi connectivity index (χ4n) is 4.17. The molecule has 1 fully saturated rings. The maximum atomic E-state index is 13.3. The number of benzene rings is 2. The number of anilines is 1. The molecule has 1 aliphatic rings. The average molecular weight is 452 g/mol. The lowest BCUT2D eigenvalue weighted by atomic mass is 9.96. The SMILES string of the molecule is CCC(C)CN1CCC(c2nc(C(=O)Nc3ccccc3-c3ccc(F)cc3)cs2)CC1. The van der Waals surface area contributed by atoms with Crippen LogP contribution in [0.4, 0.5) is 10.1 Å².